The molecule has 2 atom stereocenters. The first kappa shape index (κ1) is 16.8. The first-order chi connectivity index (χ1) is 11.5. The topological polar surface area (TPSA) is 68.2 Å². The van der Waals surface area contributed by atoms with Crippen molar-refractivity contribution in [2.75, 3.05) is 11.9 Å². The van der Waals surface area contributed by atoms with Crippen LogP contribution >= 0.6 is 11.6 Å². The lowest BCUT2D eigenvalue weighted by Gasteiger charge is -2.21. The minimum atomic E-state index is -0.258. The van der Waals surface area contributed by atoms with E-state index < -0.39 is 0 Å². The van der Waals surface area contributed by atoms with E-state index in [1.54, 1.807) is 16.9 Å². The lowest BCUT2D eigenvalue weighted by Crippen LogP contribution is -2.40. The second-order valence-corrected chi connectivity index (χ2v) is 6.53. The Balaban J connectivity index is 1.65. The Morgan fingerprint density at radius 2 is 2.08 bits per heavy atom. The lowest BCUT2D eigenvalue weighted by molar-refractivity contribution is 0.100. The number of ether oxygens (including phenoxy) is 1. The average Bonchev–Trinajstić information content (AvgIpc) is 3.17. The molecule has 2 heterocycles. The molecule has 0 spiro atoms. The van der Waals surface area contributed by atoms with E-state index in [1.165, 1.54) is 0 Å². The van der Waals surface area contributed by atoms with Crippen LogP contribution in [-0.2, 0) is 4.74 Å². The minimum Gasteiger partial charge on any atom is -0.371 e. The molecule has 0 saturated carbocycles. The number of urea groups is 1. The highest BCUT2D eigenvalue weighted by Gasteiger charge is 2.31. The number of carbonyl (C=O) groups excluding carboxylic acids is 1. The summed E-state index contributed by atoms with van der Waals surface area (Å²) in [6.07, 6.45) is 2.28. The lowest BCUT2D eigenvalue weighted by atomic mass is 10.0. The van der Waals surface area contributed by atoms with Crippen molar-refractivity contribution in [1.82, 2.24) is 15.1 Å². The number of nitrogens with zero attached hydrogens (tertiary/aromatic N) is 2. The van der Waals surface area contributed by atoms with Gasteiger partial charge in [-0.2, -0.15) is 5.10 Å². The number of amides is 2. The molecule has 1 aromatic carbocycles. The molecule has 2 N–H and O–H groups in total. The molecule has 1 aliphatic heterocycles. The Kier molecular flexibility index (Phi) is 5.06. The van der Waals surface area contributed by atoms with Crippen molar-refractivity contribution in [3.05, 3.63) is 47.1 Å². The van der Waals surface area contributed by atoms with Crippen LogP contribution in [0, 0.1) is 0 Å². The summed E-state index contributed by atoms with van der Waals surface area (Å²) in [4.78, 5) is 12.3. The Hall–Kier alpha value is -2.05. The molecule has 1 aromatic heterocycles. The number of carbonyl (C=O) groups is 1. The fraction of sp³-hybridized carbons (Fsp3) is 0.412. The van der Waals surface area contributed by atoms with Crippen molar-refractivity contribution in [3.8, 4) is 0 Å². The largest absolute Gasteiger partial charge is 0.371 e. The molecule has 2 amide bonds. The Morgan fingerprint density at radius 1 is 1.33 bits per heavy atom. The summed E-state index contributed by atoms with van der Waals surface area (Å²) in [5.41, 5.74) is 1.01. The fourth-order valence-electron chi connectivity index (χ4n) is 2.86. The van der Waals surface area contributed by atoms with Gasteiger partial charge in [0, 0.05) is 23.7 Å². The summed E-state index contributed by atoms with van der Waals surface area (Å²) in [5, 5.41) is 10.7. The van der Waals surface area contributed by atoms with E-state index in [1.807, 2.05) is 38.1 Å². The number of hydrogen-bond acceptors (Lipinski definition) is 3. The summed E-state index contributed by atoms with van der Waals surface area (Å²) in [7, 11) is 0. The molecule has 2 aromatic rings. The van der Waals surface area contributed by atoms with Crippen LogP contribution in [0.2, 0.25) is 5.02 Å². The van der Waals surface area contributed by atoms with Crippen LogP contribution in [-0.4, -0.2) is 28.5 Å². The van der Waals surface area contributed by atoms with E-state index >= 15 is 0 Å². The van der Waals surface area contributed by atoms with Gasteiger partial charge in [-0.05, 0) is 38.0 Å². The molecular weight excluding hydrogens is 328 g/mol. The Labute approximate surface area is 146 Å². The molecule has 7 heteroatoms. The van der Waals surface area contributed by atoms with Crippen LogP contribution in [0.15, 0.2) is 36.5 Å². The van der Waals surface area contributed by atoms with Crippen molar-refractivity contribution in [1.29, 1.82) is 0 Å². The summed E-state index contributed by atoms with van der Waals surface area (Å²) >= 11 is 5.93. The van der Waals surface area contributed by atoms with Crippen LogP contribution in [0.1, 0.15) is 38.0 Å². The van der Waals surface area contributed by atoms with Gasteiger partial charge in [0.1, 0.15) is 11.9 Å². The van der Waals surface area contributed by atoms with Gasteiger partial charge >= 0.3 is 6.03 Å². The van der Waals surface area contributed by atoms with Crippen LogP contribution < -0.4 is 10.6 Å². The molecule has 1 fully saturated rings. The molecule has 0 unspecified atom stereocenters. The fourth-order valence-corrected chi connectivity index (χ4v) is 2.99. The predicted molar refractivity (Wildman–Crippen MR) is 93.3 cm³/mol. The summed E-state index contributed by atoms with van der Waals surface area (Å²) in [6.45, 7) is 4.64. The SMILES string of the molecule is CC(C)n1nccc1NC(=O)N[C@H]1CCO[C@@H]1c1ccc(Cl)cc1. The minimum absolute atomic E-state index is 0.0819. The van der Waals surface area contributed by atoms with E-state index in [4.69, 9.17) is 16.3 Å². The van der Waals surface area contributed by atoms with Gasteiger partial charge < -0.3 is 10.1 Å². The average molecular weight is 349 g/mol. The van der Waals surface area contributed by atoms with Gasteiger partial charge in [-0.3, -0.25) is 5.32 Å². The van der Waals surface area contributed by atoms with Crippen molar-refractivity contribution in [2.45, 2.75) is 38.5 Å². The number of aromatic nitrogens is 2. The Bertz CT molecular complexity index is 699. The maximum atomic E-state index is 12.3. The normalized spacial score (nSPS) is 20.3. The van der Waals surface area contributed by atoms with Crippen molar-refractivity contribution in [3.63, 3.8) is 0 Å². The highest BCUT2D eigenvalue weighted by Crippen LogP contribution is 2.30. The number of rotatable bonds is 4. The van der Waals surface area contributed by atoms with Crippen LogP contribution in [0.5, 0.6) is 0 Å². The maximum Gasteiger partial charge on any atom is 0.320 e. The molecule has 0 radical (unpaired) electrons. The van der Waals surface area contributed by atoms with Crippen molar-refractivity contribution >= 4 is 23.4 Å². The van der Waals surface area contributed by atoms with Crippen molar-refractivity contribution in [2.24, 2.45) is 0 Å². The summed E-state index contributed by atoms with van der Waals surface area (Å²) in [6, 6.07) is 9.13. The van der Waals surface area contributed by atoms with Crippen LogP contribution in [0.3, 0.4) is 0 Å². The summed E-state index contributed by atoms with van der Waals surface area (Å²) < 4.78 is 7.55. The second-order valence-electron chi connectivity index (χ2n) is 6.09. The predicted octanol–water partition coefficient (Wildman–Crippen LogP) is 3.77. The molecule has 3 rings (SSSR count). The van der Waals surface area contributed by atoms with E-state index in [-0.39, 0.29) is 24.2 Å². The van der Waals surface area contributed by atoms with E-state index in [0.717, 1.165) is 12.0 Å². The van der Waals surface area contributed by atoms with Gasteiger partial charge in [-0.1, -0.05) is 23.7 Å². The molecule has 0 aliphatic carbocycles. The third-order valence-corrected chi connectivity index (χ3v) is 4.26. The molecular formula is C17H21ClN4O2. The zero-order valence-corrected chi connectivity index (χ0v) is 14.5. The van der Waals surface area contributed by atoms with Crippen molar-refractivity contribution < 1.29 is 9.53 Å². The highest BCUT2D eigenvalue weighted by atomic mass is 35.5. The standard InChI is InChI=1S/C17H21ClN4O2/c1-11(2)22-15(7-9-19-22)21-17(23)20-14-8-10-24-16(14)12-3-5-13(18)6-4-12/h3-7,9,11,14,16H,8,10H2,1-2H3,(H2,20,21,23)/t14-,16+/m0/s1. The van der Waals surface area contributed by atoms with Gasteiger partial charge in [-0.15, -0.1) is 0 Å². The van der Waals surface area contributed by atoms with Crippen LogP contribution in [0.25, 0.3) is 0 Å². The molecule has 24 heavy (non-hydrogen) atoms. The number of hydrogen-bond donors (Lipinski definition) is 2. The van der Waals surface area contributed by atoms with E-state index in [9.17, 15) is 4.79 Å². The zero-order chi connectivity index (χ0) is 17.1. The van der Waals surface area contributed by atoms with Gasteiger partial charge in [0.05, 0.1) is 12.2 Å². The zero-order valence-electron chi connectivity index (χ0n) is 13.7. The number of benzene rings is 1. The quantitative estimate of drug-likeness (QED) is 0.883. The molecule has 0 bridgehead atoms. The van der Waals surface area contributed by atoms with E-state index in [2.05, 4.69) is 15.7 Å². The van der Waals surface area contributed by atoms with Gasteiger partial charge in [0.2, 0.25) is 0 Å². The molecule has 128 valence electrons. The second kappa shape index (κ2) is 7.23. The van der Waals surface area contributed by atoms with Crippen LogP contribution in [0.4, 0.5) is 10.6 Å². The number of anilines is 1. The monoisotopic (exact) mass is 348 g/mol. The molecule has 6 nitrogen and oxygen atoms in total. The van der Waals surface area contributed by atoms with E-state index in [0.29, 0.717) is 17.4 Å². The van der Waals surface area contributed by atoms with Gasteiger partial charge in [0.15, 0.2) is 0 Å². The summed E-state index contributed by atoms with van der Waals surface area (Å²) in [5.74, 6) is 0.671. The van der Waals surface area contributed by atoms with Gasteiger partial charge in [0.25, 0.3) is 0 Å². The Morgan fingerprint density at radius 3 is 2.79 bits per heavy atom. The third kappa shape index (κ3) is 3.71. The number of halogens is 1. The highest BCUT2D eigenvalue weighted by molar-refractivity contribution is 6.30. The smallest absolute Gasteiger partial charge is 0.320 e. The molecule has 1 aliphatic rings. The first-order valence-corrected chi connectivity index (χ1v) is 8.40. The maximum absolute atomic E-state index is 12.3. The third-order valence-electron chi connectivity index (χ3n) is 4.01. The molecule has 1 saturated heterocycles. The number of nitrogens with one attached hydrogen (secondary N) is 2. The van der Waals surface area contributed by atoms with Gasteiger partial charge in [-0.25, -0.2) is 9.48 Å². The first-order valence-electron chi connectivity index (χ1n) is 8.02.